The first-order chi connectivity index (χ1) is 10.5. The molecule has 2 saturated heterocycles. The number of carbonyl (C=O) groups excluding carboxylic acids is 1. The summed E-state index contributed by atoms with van der Waals surface area (Å²) in [7, 11) is 0. The molecule has 5 nitrogen and oxygen atoms in total. The third kappa shape index (κ3) is 4.04. The van der Waals surface area contributed by atoms with E-state index in [4.69, 9.17) is 0 Å². The van der Waals surface area contributed by atoms with Gasteiger partial charge in [0.15, 0.2) is 0 Å². The molecule has 6 heteroatoms. The van der Waals surface area contributed by atoms with Crippen LogP contribution < -0.4 is 21.5 Å². The second kappa shape index (κ2) is 7.62. The largest absolute Gasteiger partial charge is 0.348 e. The van der Waals surface area contributed by atoms with Gasteiger partial charge in [0.1, 0.15) is 6.04 Å². The van der Waals surface area contributed by atoms with Crippen molar-refractivity contribution in [3.05, 3.63) is 34.9 Å². The van der Waals surface area contributed by atoms with Gasteiger partial charge in [-0.25, -0.2) is 5.43 Å². The van der Waals surface area contributed by atoms with Gasteiger partial charge in [-0.05, 0) is 39.3 Å². The molecule has 4 atom stereocenters. The van der Waals surface area contributed by atoms with E-state index in [9.17, 15) is 4.79 Å². The van der Waals surface area contributed by atoms with E-state index in [2.05, 4.69) is 53.5 Å². The first-order valence-electron chi connectivity index (χ1n) is 8.15. The Labute approximate surface area is 144 Å². The number of hydrogen-bond acceptors (Lipinski definition) is 4. The van der Waals surface area contributed by atoms with Crippen LogP contribution in [-0.2, 0) is 4.79 Å². The minimum Gasteiger partial charge on any atom is -0.348 e. The van der Waals surface area contributed by atoms with Crippen LogP contribution in [0.15, 0.2) is 18.2 Å². The summed E-state index contributed by atoms with van der Waals surface area (Å²) < 4.78 is 0. The minimum absolute atomic E-state index is 0. The molecule has 2 fully saturated rings. The number of amides is 1. The van der Waals surface area contributed by atoms with E-state index in [-0.39, 0.29) is 30.4 Å². The van der Waals surface area contributed by atoms with E-state index in [0.717, 1.165) is 25.1 Å². The maximum Gasteiger partial charge on any atom is 0.239 e. The van der Waals surface area contributed by atoms with Gasteiger partial charge in [0, 0.05) is 18.5 Å². The second-order valence-electron chi connectivity index (χ2n) is 6.68. The monoisotopic (exact) mass is 338 g/mol. The standard InChI is InChI=1S/C17H26N4O.ClH/c1-10-6-11(2)8-13(7-10)12(3)19-17(22)16-14-9-18-5-4-15(14)20-21-16;/h6-8,12,14-16,18,20-21H,4-5,9H2,1-3H3,(H,19,22);1H. The van der Waals surface area contributed by atoms with Crippen molar-refractivity contribution in [2.75, 3.05) is 13.1 Å². The van der Waals surface area contributed by atoms with Crippen LogP contribution in [-0.4, -0.2) is 31.1 Å². The lowest BCUT2D eigenvalue weighted by Gasteiger charge is -2.28. The maximum absolute atomic E-state index is 12.6. The summed E-state index contributed by atoms with van der Waals surface area (Å²) in [4.78, 5) is 12.6. The lowest BCUT2D eigenvalue weighted by Crippen LogP contribution is -2.49. The minimum atomic E-state index is -0.161. The van der Waals surface area contributed by atoms with Crippen LogP contribution in [0.5, 0.6) is 0 Å². The molecule has 4 unspecified atom stereocenters. The normalized spacial score (nSPS) is 27.7. The number of carbonyl (C=O) groups is 1. The summed E-state index contributed by atoms with van der Waals surface area (Å²) >= 11 is 0. The molecule has 0 spiro atoms. The molecule has 2 heterocycles. The van der Waals surface area contributed by atoms with Gasteiger partial charge in [-0.1, -0.05) is 29.3 Å². The first kappa shape index (κ1) is 18.2. The maximum atomic E-state index is 12.6. The van der Waals surface area contributed by atoms with E-state index in [1.165, 1.54) is 11.1 Å². The highest BCUT2D eigenvalue weighted by molar-refractivity contribution is 5.85. The fraction of sp³-hybridized carbons (Fsp3) is 0.588. The zero-order valence-electron chi connectivity index (χ0n) is 14.0. The summed E-state index contributed by atoms with van der Waals surface area (Å²) in [5.74, 6) is 0.399. The number of rotatable bonds is 3. The third-order valence-electron chi connectivity index (χ3n) is 4.77. The number of nitrogens with one attached hydrogen (secondary N) is 4. The van der Waals surface area contributed by atoms with Gasteiger partial charge in [-0.2, -0.15) is 0 Å². The quantitative estimate of drug-likeness (QED) is 0.672. The highest BCUT2D eigenvalue weighted by Crippen LogP contribution is 2.22. The molecule has 4 N–H and O–H groups in total. The molecule has 0 aliphatic carbocycles. The zero-order valence-corrected chi connectivity index (χ0v) is 14.8. The average Bonchev–Trinajstić information content (AvgIpc) is 2.90. The highest BCUT2D eigenvalue weighted by atomic mass is 35.5. The van der Waals surface area contributed by atoms with Gasteiger partial charge in [-0.3, -0.25) is 10.2 Å². The van der Waals surface area contributed by atoms with E-state index >= 15 is 0 Å². The molecule has 2 aliphatic heterocycles. The van der Waals surface area contributed by atoms with Crippen LogP contribution in [0.25, 0.3) is 0 Å². The number of hydrazine groups is 1. The SMILES string of the molecule is Cc1cc(C)cc(C(C)NC(=O)C2NNC3CCNCC32)c1.Cl. The van der Waals surface area contributed by atoms with E-state index in [1.807, 2.05) is 6.92 Å². The Morgan fingerprint density at radius 2 is 1.91 bits per heavy atom. The van der Waals surface area contributed by atoms with Crippen molar-refractivity contribution in [2.45, 2.75) is 45.3 Å². The summed E-state index contributed by atoms with van der Waals surface area (Å²) in [6.45, 7) is 8.13. The molecule has 0 aromatic heterocycles. The molecule has 1 aromatic carbocycles. The number of hydrogen-bond donors (Lipinski definition) is 4. The van der Waals surface area contributed by atoms with Gasteiger partial charge < -0.3 is 10.6 Å². The summed E-state index contributed by atoms with van der Waals surface area (Å²) in [6.07, 6.45) is 1.06. The Kier molecular flexibility index (Phi) is 6.03. The van der Waals surface area contributed by atoms with Crippen LogP contribution in [0.4, 0.5) is 0 Å². The summed E-state index contributed by atoms with van der Waals surface area (Å²) in [5.41, 5.74) is 10.1. The van der Waals surface area contributed by atoms with Crippen molar-refractivity contribution in [2.24, 2.45) is 5.92 Å². The zero-order chi connectivity index (χ0) is 15.7. The Balaban J connectivity index is 0.00000192. The Bertz CT molecular complexity index is 545. The molecule has 0 bridgehead atoms. The van der Waals surface area contributed by atoms with Crippen molar-refractivity contribution in [1.29, 1.82) is 0 Å². The Morgan fingerprint density at radius 1 is 1.22 bits per heavy atom. The van der Waals surface area contributed by atoms with E-state index in [0.29, 0.717) is 12.0 Å². The molecular formula is C17H27ClN4O. The second-order valence-corrected chi connectivity index (χ2v) is 6.68. The van der Waals surface area contributed by atoms with Crippen LogP contribution >= 0.6 is 12.4 Å². The molecule has 128 valence electrons. The number of aryl methyl sites for hydroxylation is 2. The van der Waals surface area contributed by atoms with Gasteiger partial charge in [0.2, 0.25) is 5.91 Å². The van der Waals surface area contributed by atoms with Crippen LogP contribution in [0.1, 0.15) is 36.1 Å². The topological polar surface area (TPSA) is 65.2 Å². The lowest BCUT2D eigenvalue weighted by atomic mass is 9.89. The molecule has 0 saturated carbocycles. The van der Waals surface area contributed by atoms with Crippen LogP contribution in [0, 0.1) is 19.8 Å². The molecular weight excluding hydrogens is 312 g/mol. The number of halogens is 1. The van der Waals surface area contributed by atoms with Crippen molar-refractivity contribution in [3.8, 4) is 0 Å². The number of fused-ring (bicyclic) bond motifs is 1. The first-order valence-corrected chi connectivity index (χ1v) is 8.15. The summed E-state index contributed by atoms with van der Waals surface area (Å²) in [5, 5.41) is 6.54. The number of piperidine rings is 1. The highest BCUT2D eigenvalue weighted by Gasteiger charge is 2.41. The van der Waals surface area contributed by atoms with E-state index < -0.39 is 0 Å². The van der Waals surface area contributed by atoms with Gasteiger partial charge in [0.05, 0.1) is 6.04 Å². The Hall–Kier alpha value is -1.14. The fourth-order valence-corrected chi connectivity index (χ4v) is 3.62. The predicted molar refractivity (Wildman–Crippen MR) is 94.5 cm³/mol. The van der Waals surface area contributed by atoms with Crippen LogP contribution in [0.3, 0.4) is 0 Å². The van der Waals surface area contributed by atoms with Crippen molar-refractivity contribution in [1.82, 2.24) is 21.5 Å². The number of benzene rings is 1. The average molecular weight is 339 g/mol. The molecule has 3 rings (SSSR count). The van der Waals surface area contributed by atoms with E-state index in [1.54, 1.807) is 0 Å². The third-order valence-corrected chi connectivity index (χ3v) is 4.77. The molecule has 1 amide bonds. The molecule has 1 aromatic rings. The van der Waals surface area contributed by atoms with Crippen LogP contribution in [0.2, 0.25) is 0 Å². The predicted octanol–water partition coefficient (Wildman–Crippen LogP) is 1.36. The van der Waals surface area contributed by atoms with Crippen molar-refractivity contribution >= 4 is 18.3 Å². The van der Waals surface area contributed by atoms with Crippen molar-refractivity contribution in [3.63, 3.8) is 0 Å². The van der Waals surface area contributed by atoms with Gasteiger partial charge in [-0.15, -0.1) is 12.4 Å². The molecule has 0 radical (unpaired) electrons. The van der Waals surface area contributed by atoms with Gasteiger partial charge in [0.25, 0.3) is 0 Å². The molecule has 23 heavy (non-hydrogen) atoms. The van der Waals surface area contributed by atoms with Gasteiger partial charge >= 0.3 is 0 Å². The lowest BCUT2D eigenvalue weighted by molar-refractivity contribution is -0.124. The molecule has 2 aliphatic rings. The Morgan fingerprint density at radius 3 is 2.61 bits per heavy atom. The van der Waals surface area contributed by atoms with Crippen molar-refractivity contribution < 1.29 is 4.79 Å². The fourth-order valence-electron chi connectivity index (χ4n) is 3.62. The summed E-state index contributed by atoms with van der Waals surface area (Å²) in [6, 6.07) is 6.69. The smallest absolute Gasteiger partial charge is 0.239 e.